The Morgan fingerprint density at radius 3 is 2.70 bits per heavy atom. The van der Waals surface area contributed by atoms with Gasteiger partial charge < -0.3 is 5.21 Å². The average molecular weight is 139 g/mol. The van der Waals surface area contributed by atoms with Gasteiger partial charge in [-0.3, -0.25) is 9.59 Å². The van der Waals surface area contributed by atoms with Crippen LogP contribution in [0, 0.1) is 0 Å². The van der Waals surface area contributed by atoms with E-state index in [1.54, 1.807) is 0 Å². The summed E-state index contributed by atoms with van der Waals surface area (Å²) in [6.45, 7) is 0. The van der Waals surface area contributed by atoms with Gasteiger partial charge in [-0.05, 0) is 6.07 Å². The largest absolute Gasteiger partial charge is 0.425 e. The fraction of sp³-hybridized carbons (Fsp3) is 0. The topological polar surface area (TPSA) is 59.3 Å². The summed E-state index contributed by atoms with van der Waals surface area (Å²) < 4.78 is 0.299. The van der Waals surface area contributed by atoms with Crippen LogP contribution in [0.3, 0.4) is 0 Å². The summed E-state index contributed by atoms with van der Waals surface area (Å²) in [5, 5.41) is 8.77. The van der Waals surface area contributed by atoms with Crippen LogP contribution in [0.1, 0.15) is 10.5 Å². The lowest BCUT2D eigenvalue weighted by atomic mass is 10.4. The average Bonchev–Trinajstić information content (AvgIpc) is 1.95. The van der Waals surface area contributed by atoms with Crippen molar-refractivity contribution in [1.82, 2.24) is 4.73 Å². The number of pyridine rings is 1. The van der Waals surface area contributed by atoms with Crippen molar-refractivity contribution in [2.45, 2.75) is 0 Å². The van der Waals surface area contributed by atoms with Crippen LogP contribution in [0.15, 0.2) is 23.0 Å². The molecule has 0 aliphatic heterocycles. The van der Waals surface area contributed by atoms with Gasteiger partial charge in [-0.25, -0.2) is 0 Å². The Hall–Kier alpha value is -1.58. The Balaban J connectivity index is 3.41. The maximum Gasteiger partial charge on any atom is 0.283 e. The van der Waals surface area contributed by atoms with Crippen LogP contribution >= 0.6 is 0 Å². The first-order valence-corrected chi connectivity index (χ1v) is 2.62. The molecule has 0 atom stereocenters. The second-order valence-corrected chi connectivity index (χ2v) is 1.72. The van der Waals surface area contributed by atoms with Crippen molar-refractivity contribution in [3.8, 4) is 0 Å². The van der Waals surface area contributed by atoms with Crippen molar-refractivity contribution in [2.75, 3.05) is 0 Å². The summed E-state index contributed by atoms with van der Waals surface area (Å²) in [6, 6.07) is 3.90. The van der Waals surface area contributed by atoms with Gasteiger partial charge in [-0.15, -0.1) is 4.73 Å². The molecule has 4 heteroatoms. The highest BCUT2D eigenvalue weighted by atomic mass is 16.5. The van der Waals surface area contributed by atoms with Crippen molar-refractivity contribution in [1.29, 1.82) is 0 Å². The van der Waals surface area contributed by atoms with Gasteiger partial charge >= 0.3 is 0 Å². The SMILES string of the molecule is O=Cc1cccc(=O)n1O. The first-order valence-electron chi connectivity index (χ1n) is 2.62. The van der Waals surface area contributed by atoms with E-state index in [1.165, 1.54) is 12.1 Å². The molecule has 1 aromatic rings. The minimum atomic E-state index is -0.607. The molecular weight excluding hydrogens is 134 g/mol. The normalized spacial score (nSPS) is 9.20. The predicted octanol–water partition coefficient (Wildman–Crippen LogP) is -0.102. The fourth-order valence-corrected chi connectivity index (χ4v) is 0.587. The Bertz CT molecular complexity index is 302. The van der Waals surface area contributed by atoms with Gasteiger partial charge in [0.2, 0.25) is 0 Å². The third kappa shape index (κ3) is 0.907. The van der Waals surface area contributed by atoms with Gasteiger partial charge in [-0.1, -0.05) is 6.07 Å². The lowest BCUT2D eigenvalue weighted by Crippen LogP contribution is -2.19. The number of aromatic nitrogens is 1. The van der Waals surface area contributed by atoms with Crippen LogP contribution < -0.4 is 5.56 Å². The summed E-state index contributed by atoms with van der Waals surface area (Å²) in [7, 11) is 0. The molecule has 10 heavy (non-hydrogen) atoms. The lowest BCUT2D eigenvalue weighted by Gasteiger charge is -1.95. The third-order valence-electron chi connectivity index (χ3n) is 1.08. The molecule has 1 rings (SSSR count). The molecule has 0 saturated heterocycles. The van der Waals surface area contributed by atoms with Gasteiger partial charge in [0.1, 0.15) is 5.69 Å². The fourth-order valence-electron chi connectivity index (χ4n) is 0.587. The van der Waals surface area contributed by atoms with E-state index in [0.29, 0.717) is 11.0 Å². The third-order valence-corrected chi connectivity index (χ3v) is 1.08. The predicted molar refractivity (Wildman–Crippen MR) is 33.3 cm³/mol. The quantitative estimate of drug-likeness (QED) is 0.436. The molecular formula is C6H5NO3. The molecule has 1 N–H and O–H groups in total. The monoisotopic (exact) mass is 139 g/mol. The molecule has 0 radical (unpaired) electrons. The second kappa shape index (κ2) is 2.34. The van der Waals surface area contributed by atoms with Crippen LogP contribution in [0.4, 0.5) is 0 Å². The molecule has 0 amide bonds. The molecule has 0 aromatic carbocycles. The molecule has 52 valence electrons. The summed E-state index contributed by atoms with van der Waals surface area (Å²) in [5.41, 5.74) is -0.655. The summed E-state index contributed by atoms with van der Waals surface area (Å²) in [6.07, 6.45) is 0.404. The Morgan fingerprint density at radius 2 is 2.20 bits per heavy atom. The van der Waals surface area contributed by atoms with Crippen LogP contribution in [0.25, 0.3) is 0 Å². The van der Waals surface area contributed by atoms with E-state index in [2.05, 4.69) is 0 Å². The van der Waals surface area contributed by atoms with Gasteiger partial charge in [0.25, 0.3) is 5.56 Å². The highest BCUT2D eigenvalue weighted by molar-refractivity contribution is 5.71. The molecule has 0 aliphatic carbocycles. The van der Waals surface area contributed by atoms with Gasteiger partial charge in [0.15, 0.2) is 6.29 Å². The lowest BCUT2D eigenvalue weighted by molar-refractivity contribution is 0.106. The molecule has 4 nitrogen and oxygen atoms in total. The van der Waals surface area contributed by atoms with Crippen molar-refractivity contribution in [3.63, 3.8) is 0 Å². The Labute approximate surface area is 56.3 Å². The molecule has 0 aliphatic rings. The van der Waals surface area contributed by atoms with E-state index in [0.717, 1.165) is 6.07 Å². The number of hydrogen-bond donors (Lipinski definition) is 1. The zero-order valence-corrected chi connectivity index (χ0v) is 5.02. The van der Waals surface area contributed by atoms with Gasteiger partial charge in [0.05, 0.1) is 0 Å². The summed E-state index contributed by atoms with van der Waals surface area (Å²) in [4.78, 5) is 20.6. The Morgan fingerprint density at radius 1 is 1.50 bits per heavy atom. The number of carbonyl (C=O) groups is 1. The highest BCUT2D eigenvalue weighted by Crippen LogP contribution is 1.86. The van der Waals surface area contributed by atoms with Crippen LogP contribution in [0.5, 0.6) is 0 Å². The molecule has 0 spiro atoms. The smallest absolute Gasteiger partial charge is 0.283 e. The van der Waals surface area contributed by atoms with E-state index in [9.17, 15) is 9.59 Å². The zero-order chi connectivity index (χ0) is 7.56. The molecule has 0 unspecified atom stereocenters. The number of nitrogens with zero attached hydrogens (tertiary/aromatic N) is 1. The maximum atomic E-state index is 10.6. The van der Waals surface area contributed by atoms with E-state index in [-0.39, 0.29) is 5.69 Å². The van der Waals surface area contributed by atoms with Gasteiger partial charge in [-0.2, -0.15) is 0 Å². The number of hydrogen-bond acceptors (Lipinski definition) is 3. The summed E-state index contributed by atoms with van der Waals surface area (Å²) in [5.74, 6) is 0. The van der Waals surface area contributed by atoms with Gasteiger partial charge in [0, 0.05) is 6.07 Å². The second-order valence-electron chi connectivity index (χ2n) is 1.72. The molecule has 0 fully saturated rings. The van der Waals surface area contributed by atoms with Crippen LogP contribution in [-0.2, 0) is 0 Å². The van der Waals surface area contributed by atoms with E-state index >= 15 is 0 Å². The van der Waals surface area contributed by atoms with Crippen molar-refractivity contribution in [2.24, 2.45) is 0 Å². The van der Waals surface area contributed by atoms with E-state index in [1.807, 2.05) is 0 Å². The minimum Gasteiger partial charge on any atom is -0.425 e. The first kappa shape index (κ1) is 6.54. The maximum absolute atomic E-state index is 10.6. The number of aldehydes is 1. The first-order chi connectivity index (χ1) is 4.75. The molecule has 0 saturated carbocycles. The van der Waals surface area contributed by atoms with Crippen LogP contribution in [-0.4, -0.2) is 16.2 Å². The van der Waals surface area contributed by atoms with E-state index < -0.39 is 5.56 Å². The van der Waals surface area contributed by atoms with Crippen LogP contribution in [0.2, 0.25) is 0 Å². The highest BCUT2D eigenvalue weighted by Gasteiger charge is 1.96. The molecule has 1 aromatic heterocycles. The minimum absolute atomic E-state index is 0.0486. The van der Waals surface area contributed by atoms with Crippen molar-refractivity contribution in [3.05, 3.63) is 34.2 Å². The van der Waals surface area contributed by atoms with E-state index in [4.69, 9.17) is 5.21 Å². The van der Waals surface area contributed by atoms with Crippen molar-refractivity contribution < 1.29 is 10.0 Å². The molecule has 1 heterocycles. The standard InChI is InChI=1S/C6H5NO3/c8-4-5-2-1-3-6(9)7(5)10/h1-4,10H. The Kier molecular flexibility index (Phi) is 1.53. The molecule has 0 bridgehead atoms. The number of carbonyl (C=O) groups excluding carboxylic acids is 1. The van der Waals surface area contributed by atoms with Crippen molar-refractivity contribution >= 4 is 6.29 Å². The number of rotatable bonds is 1. The summed E-state index contributed by atoms with van der Waals surface area (Å²) >= 11 is 0. The zero-order valence-electron chi connectivity index (χ0n) is 5.02.